The van der Waals surface area contributed by atoms with Crippen molar-refractivity contribution in [2.24, 2.45) is 0 Å². The predicted octanol–water partition coefficient (Wildman–Crippen LogP) is 3.63. The summed E-state index contributed by atoms with van der Waals surface area (Å²) in [5, 5.41) is 0. The first kappa shape index (κ1) is 11.0. The van der Waals surface area contributed by atoms with E-state index in [2.05, 4.69) is 15.9 Å². The van der Waals surface area contributed by atoms with Crippen molar-refractivity contribution in [2.45, 2.75) is 25.3 Å². The minimum absolute atomic E-state index is 0.162. The lowest BCUT2D eigenvalue weighted by Crippen LogP contribution is -2.14. The van der Waals surface area contributed by atoms with Gasteiger partial charge in [0.15, 0.2) is 5.58 Å². The number of alkyl halides is 2. The standard InChI is InChI=1S/C11H8BrF2NO2/c12-6-3-4-7-9(8(6)5-1-2-5)17-11(16)15(7)10(13)14/h3-5,10H,1-2H2. The first-order chi connectivity index (χ1) is 8.09. The molecule has 1 aromatic carbocycles. The average Bonchev–Trinajstić information content (AvgIpc) is 3.00. The van der Waals surface area contributed by atoms with Crippen LogP contribution >= 0.6 is 15.9 Å². The van der Waals surface area contributed by atoms with Crippen molar-refractivity contribution in [2.75, 3.05) is 0 Å². The summed E-state index contributed by atoms with van der Waals surface area (Å²) in [5.74, 6) is -0.695. The lowest BCUT2D eigenvalue weighted by atomic mass is 10.1. The normalized spacial score (nSPS) is 16.0. The average molecular weight is 304 g/mol. The molecule has 0 N–H and O–H groups in total. The summed E-state index contributed by atoms with van der Waals surface area (Å²) in [7, 11) is 0. The van der Waals surface area contributed by atoms with Crippen molar-refractivity contribution >= 4 is 27.0 Å². The highest BCUT2D eigenvalue weighted by Gasteiger charge is 2.31. The van der Waals surface area contributed by atoms with E-state index in [4.69, 9.17) is 4.42 Å². The van der Waals surface area contributed by atoms with Crippen molar-refractivity contribution in [1.82, 2.24) is 4.57 Å². The van der Waals surface area contributed by atoms with Crippen LogP contribution in [0.15, 0.2) is 25.8 Å². The van der Waals surface area contributed by atoms with Crippen molar-refractivity contribution in [3.05, 3.63) is 32.7 Å². The number of hydrogen-bond donors (Lipinski definition) is 0. The summed E-state index contributed by atoms with van der Waals surface area (Å²) in [4.78, 5) is 11.4. The molecule has 0 amide bonds. The minimum atomic E-state index is -2.88. The van der Waals surface area contributed by atoms with Crippen LogP contribution in [0.5, 0.6) is 0 Å². The van der Waals surface area contributed by atoms with Crippen LogP contribution in [0.4, 0.5) is 8.78 Å². The Kier molecular flexibility index (Phi) is 2.36. The Morgan fingerprint density at radius 2 is 2.12 bits per heavy atom. The third-order valence-corrected chi connectivity index (χ3v) is 3.64. The lowest BCUT2D eigenvalue weighted by Gasteiger charge is -2.04. The Hall–Kier alpha value is -1.17. The molecule has 6 heteroatoms. The van der Waals surface area contributed by atoms with Crippen LogP contribution in [0, 0.1) is 0 Å². The number of rotatable bonds is 2. The molecule has 0 spiro atoms. The lowest BCUT2D eigenvalue weighted by molar-refractivity contribution is 0.0670. The zero-order valence-corrected chi connectivity index (χ0v) is 10.2. The van der Waals surface area contributed by atoms with E-state index in [1.165, 1.54) is 6.07 Å². The van der Waals surface area contributed by atoms with Gasteiger partial charge in [-0.15, -0.1) is 0 Å². The van der Waals surface area contributed by atoms with E-state index < -0.39 is 12.3 Å². The molecule has 17 heavy (non-hydrogen) atoms. The molecule has 1 aliphatic rings. The van der Waals surface area contributed by atoms with Crippen LogP contribution < -0.4 is 5.76 Å². The van der Waals surface area contributed by atoms with Crippen LogP contribution in [-0.4, -0.2) is 4.57 Å². The molecule has 0 unspecified atom stereocenters. The van der Waals surface area contributed by atoms with E-state index in [-0.39, 0.29) is 11.1 Å². The van der Waals surface area contributed by atoms with Crippen molar-refractivity contribution in [3.8, 4) is 0 Å². The maximum Gasteiger partial charge on any atom is 0.424 e. The summed E-state index contributed by atoms with van der Waals surface area (Å²) in [6.07, 6.45) is 2.00. The Bertz CT molecular complexity index is 643. The number of hydrogen-bond acceptors (Lipinski definition) is 2. The van der Waals surface area contributed by atoms with E-state index in [0.29, 0.717) is 10.5 Å². The Morgan fingerprint density at radius 1 is 1.41 bits per heavy atom. The predicted molar refractivity (Wildman–Crippen MR) is 61.4 cm³/mol. The number of halogens is 3. The fraction of sp³-hybridized carbons (Fsp3) is 0.364. The van der Waals surface area contributed by atoms with E-state index in [9.17, 15) is 13.6 Å². The number of fused-ring (bicyclic) bond motifs is 1. The molecule has 1 heterocycles. The molecule has 3 nitrogen and oxygen atoms in total. The van der Waals surface area contributed by atoms with E-state index >= 15 is 0 Å². The molecule has 3 rings (SSSR count). The number of benzene rings is 1. The van der Waals surface area contributed by atoms with Crippen LogP contribution in [0.3, 0.4) is 0 Å². The fourth-order valence-corrected chi connectivity index (χ4v) is 2.67. The Morgan fingerprint density at radius 3 is 2.71 bits per heavy atom. The van der Waals surface area contributed by atoms with Crippen molar-refractivity contribution < 1.29 is 13.2 Å². The molecule has 0 saturated heterocycles. The van der Waals surface area contributed by atoms with Gasteiger partial charge in [0, 0.05) is 10.0 Å². The number of oxazole rings is 1. The topological polar surface area (TPSA) is 35.1 Å². The summed E-state index contributed by atoms with van der Waals surface area (Å²) in [6.45, 7) is -2.88. The summed E-state index contributed by atoms with van der Waals surface area (Å²) >= 11 is 3.37. The first-order valence-electron chi connectivity index (χ1n) is 5.21. The van der Waals surface area contributed by atoms with Crippen LogP contribution in [-0.2, 0) is 0 Å². The number of aromatic nitrogens is 1. The van der Waals surface area contributed by atoms with Crippen LogP contribution in [0.25, 0.3) is 11.1 Å². The monoisotopic (exact) mass is 303 g/mol. The molecule has 1 fully saturated rings. The van der Waals surface area contributed by atoms with Crippen LogP contribution in [0.1, 0.15) is 30.9 Å². The molecule has 0 aliphatic heterocycles. The van der Waals surface area contributed by atoms with E-state index in [1.807, 2.05) is 0 Å². The van der Waals surface area contributed by atoms with Crippen LogP contribution in [0.2, 0.25) is 0 Å². The second-order valence-electron chi connectivity index (χ2n) is 4.10. The van der Waals surface area contributed by atoms with Crippen molar-refractivity contribution in [1.29, 1.82) is 0 Å². The molecule has 1 aliphatic carbocycles. The third kappa shape index (κ3) is 1.62. The van der Waals surface area contributed by atoms with Gasteiger partial charge in [-0.2, -0.15) is 8.78 Å². The summed E-state index contributed by atoms with van der Waals surface area (Å²) in [6, 6.07) is 3.16. The maximum atomic E-state index is 12.7. The molecule has 0 radical (unpaired) electrons. The quantitative estimate of drug-likeness (QED) is 0.849. The highest BCUT2D eigenvalue weighted by molar-refractivity contribution is 9.10. The molecular formula is C11H8BrF2NO2. The van der Waals surface area contributed by atoms with Gasteiger partial charge in [0.2, 0.25) is 0 Å². The second kappa shape index (κ2) is 3.66. The highest BCUT2D eigenvalue weighted by Crippen LogP contribution is 2.46. The van der Waals surface area contributed by atoms with Gasteiger partial charge >= 0.3 is 12.3 Å². The first-order valence-corrected chi connectivity index (χ1v) is 6.00. The van der Waals surface area contributed by atoms with Gasteiger partial charge in [0.25, 0.3) is 0 Å². The van der Waals surface area contributed by atoms with Gasteiger partial charge in [0.1, 0.15) is 0 Å². The van der Waals surface area contributed by atoms with Gasteiger partial charge in [-0.1, -0.05) is 15.9 Å². The zero-order chi connectivity index (χ0) is 12.2. The third-order valence-electron chi connectivity index (χ3n) is 2.95. The van der Waals surface area contributed by atoms with E-state index in [0.717, 1.165) is 22.9 Å². The van der Waals surface area contributed by atoms with Gasteiger partial charge in [-0.25, -0.2) is 9.36 Å². The SMILES string of the molecule is O=c1oc2c(C3CC3)c(Br)ccc2n1C(F)F. The van der Waals surface area contributed by atoms with Gasteiger partial charge < -0.3 is 4.42 Å². The maximum absolute atomic E-state index is 12.7. The van der Waals surface area contributed by atoms with Crippen molar-refractivity contribution in [3.63, 3.8) is 0 Å². The zero-order valence-electron chi connectivity index (χ0n) is 8.62. The fourth-order valence-electron chi connectivity index (χ4n) is 2.03. The molecule has 0 bridgehead atoms. The molecule has 2 aromatic rings. The molecule has 1 aromatic heterocycles. The summed E-state index contributed by atoms with van der Waals surface area (Å²) < 4.78 is 31.6. The molecular weight excluding hydrogens is 296 g/mol. The molecule has 0 atom stereocenters. The Balaban J connectivity index is 2.38. The van der Waals surface area contributed by atoms with E-state index in [1.54, 1.807) is 6.07 Å². The summed E-state index contributed by atoms with van der Waals surface area (Å²) in [5.41, 5.74) is 1.28. The molecule has 90 valence electrons. The van der Waals surface area contributed by atoms with Gasteiger partial charge in [-0.05, 0) is 30.9 Å². The van der Waals surface area contributed by atoms with Gasteiger partial charge in [0.05, 0.1) is 5.52 Å². The van der Waals surface area contributed by atoms with Gasteiger partial charge in [-0.3, -0.25) is 0 Å². The Labute approximate surface area is 103 Å². The highest BCUT2D eigenvalue weighted by atomic mass is 79.9. The minimum Gasteiger partial charge on any atom is -0.407 e. The smallest absolute Gasteiger partial charge is 0.407 e. The second-order valence-corrected chi connectivity index (χ2v) is 4.95. The molecule has 1 saturated carbocycles. The number of nitrogens with zero attached hydrogens (tertiary/aromatic N) is 1. The largest absolute Gasteiger partial charge is 0.424 e.